The first-order chi connectivity index (χ1) is 5.40. The van der Waals surface area contributed by atoms with Gasteiger partial charge in [-0.3, -0.25) is 4.99 Å². The van der Waals surface area contributed by atoms with Gasteiger partial charge >= 0.3 is 0 Å². The van der Waals surface area contributed by atoms with Crippen LogP contribution in [0.3, 0.4) is 0 Å². The van der Waals surface area contributed by atoms with Crippen molar-refractivity contribution in [2.75, 3.05) is 0 Å². The zero-order chi connectivity index (χ0) is 9.41. The van der Waals surface area contributed by atoms with E-state index in [0.29, 0.717) is 0 Å². The average molecular weight is 234 g/mol. The van der Waals surface area contributed by atoms with Crippen molar-refractivity contribution in [3.8, 4) is 0 Å². The van der Waals surface area contributed by atoms with Crippen LogP contribution in [0, 0.1) is 0 Å². The van der Waals surface area contributed by atoms with Crippen LogP contribution in [-0.2, 0) is 0 Å². The number of nitrogens with zero attached hydrogens (tertiary/aromatic N) is 1. The highest BCUT2D eigenvalue weighted by atomic mass is 35.5. The normalized spacial score (nSPS) is 32.8. The van der Waals surface area contributed by atoms with Gasteiger partial charge in [-0.05, 0) is 12.2 Å². The van der Waals surface area contributed by atoms with Gasteiger partial charge in [-0.1, -0.05) is 34.8 Å². The van der Waals surface area contributed by atoms with Crippen LogP contribution in [0.5, 0.6) is 0 Å². The minimum absolute atomic E-state index is 1.14. The minimum Gasteiger partial charge on any atom is -0.261 e. The van der Waals surface area contributed by atoms with Gasteiger partial charge in [-0.25, -0.2) is 8.78 Å². The molecule has 6 heteroatoms. The van der Waals surface area contributed by atoms with Crippen LogP contribution in [0.4, 0.5) is 8.78 Å². The summed E-state index contributed by atoms with van der Waals surface area (Å²) in [6, 6.07) is 0. The highest BCUT2D eigenvalue weighted by Crippen LogP contribution is 2.46. The molecule has 0 aliphatic carbocycles. The fourth-order valence-electron chi connectivity index (χ4n) is 0.720. The number of dihydropyridines is 1. The van der Waals surface area contributed by atoms with Crippen molar-refractivity contribution in [2.45, 2.75) is 15.8 Å². The van der Waals surface area contributed by atoms with Crippen LogP contribution in [-0.4, -0.2) is 22.0 Å². The number of allylic oxidation sites excluding steroid dienone is 1. The van der Waals surface area contributed by atoms with Crippen molar-refractivity contribution in [2.24, 2.45) is 4.99 Å². The van der Waals surface area contributed by atoms with Gasteiger partial charge in [0, 0.05) is 6.21 Å². The highest BCUT2D eigenvalue weighted by Gasteiger charge is 2.54. The summed E-state index contributed by atoms with van der Waals surface area (Å²) in [7, 11) is 0. The Hall–Kier alpha value is 0.140. The number of hydrogen-bond donors (Lipinski definition) is 0. The minimum atomic E-state index is -2.92. The van der Waals surface area contributed by atoms with E-state index in [1.54, 1.807) is 0 Å². The van der Waals surface area contributed by atoms with Gasteiger partial charge in [0.25, 0.3) is 6.43 Å². The molecule has 0 spiro atoms. The standard InChI is InChI=1S/C6H4Cl3F2N/c7-5(8)2-1-3-12-6(5,9)4(10)11/h1-4H. The predicted octanol–water partition coefficient (Wildman–Crippen LogP) is 3.00. The molecule has 1 unspecified atom stereocenters. The van der Waals surface area contributed by atoms with Gasteiger partial charge in [0.05, 0.1) is 0 Å². The van der Waals surface area contributed by atoms with Gasteiger partial charge < -0.3 is 0 Å². The molecule has 0 aromatic heterocycles. The molecule has 12 heavy (non-hydrogen) atoms. The Morgan fingerprint density at radius 3 is 2.17 bits per heavy atom. The van der Waals surface area contributed by atoms with Crippen molar-refractivity contribution < 1.29 is 8.78 Å². The van der Waals surface area contributed by atoms with Crippen molar-refractivity contribution in [3.05, 3.63) is 12.2 Å². The second-order valence-corrected chi connectivity index (χ2v) is 4.20. The van der Waals surface area contributed by atoms with Crippen LogP contribution >= 0.6 is 34.8 Å². The largest absolute Gasteiger partial charge is 0.280 e. The fraction of sp³-hybridized carbons (Fsp3) is 0.500. The van der Waals surface area contributed by atoms with E-state index in [2.05, 4.69) is 4.99 Å². The molecule has 0 bridgehead atoms. The molecule has 1 aliphatic rings. The maximum atomic E-state index is 12.4. The lowest BCUT2D eigenvalue weighted by Crippen LogP contribution is -2.46. The van der Waals surface area contributed by atoms with Crippen molar-refractivity contribution >= 4 is 41.0 Å². The zero-order valence-electron chi connectivity index (χ0n) is 5.65. The first-order valence-corrected chi connectivity index (χ1v) is 4.11. The SMILES string of the molecule is FC(F)C1(Cl)N=CC=CC1(Cl)Cl. The molecule has 1 aliphatic heterocycles. The zero-order valence-corrected chi connectivity index (χ0v) is 7.91. The van der Waals surface area contributed by atoms with Crippen molar-refractivity contribution in [1.29, 1.82) is 0 Å². The summed E-state index contributed by atoms with van der Waals surface area (Å²) >= 11 is 16.5. The monoisotopic (exact) mass is 233 g/mol. The number of aliphatic imine (C=N–C) groups is 1. The molecule has 1 atom stereocenters. The van der Waals surface area contributed by atoms with Crippen LogP contribution in [0.1, 0.15) is 0 Å². The van der Waals surface area contributed by atoms with Gasteiger partial charge in [0.15, 0.2) is 4.33 Å². The topological polar surface area (TPSA) is 12.4 Å². The van der Waals surface area contributed by atoms with Crippen LogP contribution in [0.25, 0.3) is 0 Å². The van der Waals surface area contributed by atoms with E-state index >= 15 is 0 Å². The van der Waals surface area contributed by atoms with Crippen LogP contribution < -0.4 is 0 Å². The van der Waals surface area contributed by atoms with Crippen LogP contribution in [0.2, 0.25) is 0 Å². The van der Waals surface area contributed by atoms with Gasteiger partial charge in [0.1, 0.15) is 0 Å². The first-order valence-electron chi connectivity index (χ1n) is 2.98. The molecule has 1 nitrogen and oxygen atoms in total. The molecule has 68 valence electrons. The number of rotatable bonds is 1. The van der Waals surface area contributed by atoms with Crippen molar-refractivity contribution in [1.82, 2.24) is 0 Å². The third-order valence-corrected chi connectivity index (χ3v) is 2.99. The van der Waals surface area contributed by atoms with Crippen LogP contribution in [0.15, 0.2) is 17.1 Å². The molecule has 0 saturated carbocycles. The molecule has 0 radical (unpaired) electrons. The Morgan fingerprint density at radius 1 is 1.25 bits per heavy atom. The molecule has 1 rings (SSSR count). The summed E-state index contributed by atoms with van der Waals surface area (Å²) in [5, 5.41) is 0. The molecule has 0 fully saturated rings. The Balaban J connectivity index is 3.04. The summed E-state index contributed by atoms with van der Waals surface area (Å²) in [6.45, 7) is 0. The summed E-state index contributed by atoms with van der Waals surface area (Å²) < 4.78 is 22.8. The van der Waals surface area contributed by atoms with Crippen molar-refractivity contribution in [3.63, 3.8) is 0 Å². The molecule has 1 heterocycles. The summed E-state index contributed by atoms with van der Waals surface area (Å²) in [4.78, 5) is 1.08. The molecular formula is C6H4Cl3F2N. The lowest BCUT2D eigenvalue weighted by atomic mass is 10.1. The second-order valence-electron chi connectivity index (χ2n) is 2.23. The van der Waals surface area contributed by atoms with E-state index < -0.39 is 15.8 Å². The second kappa shape index (κ2) is 3.13. The summed E-state index contributed by atoms with van der Waals surface area (Å²) in [5.41, 5.74) is 0. The Bertz CT molecular complexity index is 239. The van der Waals surface area contributed by atoms with E-state index in [1.165, 1.54) is 12.2 Å². The van der Waals surface area contributed by atoms with E-state index in [9.17, 15) is 8.78 Å². The van der Waals surface area contributed by atoms with Gasteiger partial charge in [-0.2, -0.15) is 0 Å². The van der Waals surface area contributed by atoms with E-state index in [1.807, 2.05) is 0 Å². The first kappa shape index (κ1) is 10.2. The molecule has 0 aromatic carbocycles. The Kier molecular flexibility index (Phi) is 2.66. The van der Waals surface area contributed by atoms with Gasteiger partial charge in [0.2, 0.25) is 5.00 Å². The molecule has 0 aromatic rings. The van der Waals surface area contributed by atoms with E-state index in [4.69, 9.17) is 34.8 Å². The lowest BCUT2D eigenvalue weighted by molar-refractivity contribution is 0.0952. The maximum absolute atomic E-state index is 12.4. The van der Waals surface area contributed by atoms with Gasteiger partial charge in [-0.15, -0.1) is 0 Å². The quantitative estimate of drug-likeness (QED) is 0.488. The molecule has 0 N–H and O–H groups in total. The third-order valence-electron chi connectivity index (χ3n) is 1.41. The molecule has 0 amide bonds. The number of halogens is 5. The summed E-state index contributed by atoms with van der Waals surface area (Å²) in [6.07, 6.45) is 0.753. The molecular weight excluding hydrogens is 230 g/mol. The Morgan fingerprint density at radius 2 is 1.83 bits per heavy atom. The average Bonchev–Trinajstić information content (AvgIpc) is 1.95. The van der Waals surface area contributed by atoms with E-state index in [0.717, 1.165) is 6.21 Å². The lowest BCUT2D eigenvalue weighted by Gasteiger charge is -2.33. The summed E-state index contributed by atoms with van der Waals surface area (Å²) in [5.74, 6) is 0. The molecule has 0 saturated heterocycles. The highest BCUT2D eigenvalue weighted by molar-refractivity contribution is 6.55. The predicted molar refractivity (Wildman–Crippen MR) is 46.7 cm³/mol. The van der Waals surface area contributed by atoms with E-state index in [-0.39, 0.29) is 0 Å². The third kappa shape index (κ3) is 1.45. The number of alkyl halides is 5. The smallest absolute Gasteiger partial charge is 0.261 e. The number of hydrogen-bond acceptors (Lipinski definition) is 1. The fourth-order valence-corrected chi connectivity index (χ4v) is 1.25. The maximum Gasteiger partial charge on any atom is 0.280 e. The Labute approximate surface area is 83.0 Å².